The molecule has 110 valence electrons. The zero-order valence-electron chi connectivity index (χ0n) is 12.8. The lowest BCUT2D eigenvalue weighted by Gasteiger charge is -2.24. The Morgan fingerprint density at radius 3 is 2.35 bits per heavy atom. The summed E-state index contributed by atoms with van der Waals surface area (Å²) >= 11 is 0. The molecular formula is C17H26N2O. The molecule has 0 saturated carbocycles. The maximum atomic E-state index is 12.5. The van der Waals surface area contributed by atoms with Gasteiger partial charge in [0.25, 0.3) is 0 Å². The van der Waals surface area contributed by atoms with Crippen molar-refractivity contribution in [2.45, 2.75) is 39.2 Å². The van der Waals surface area contributed by atoms with E-state index in [9.17, 15) is 4.79 Å². The third kappa shape index (κ3) is 3.40. The Kier molecular flexibility index (Phi) is 4.81. The Morgan fingerprint density at radius 2 is 1.85 bits per heavy atom. The zero-order chi connectivity index (χ0) is 14.7. The number of fused-ring (bicyclic) bond motifs is 1. The van der Waals surface area contributed by atoms with Crippen LogP contribution in [0.15, 0.2) is 24.3 Å². The molecule has 2 rings (SSSR count). The summed E-state index contributed by atoms with van der Waals surface area (Å²) < 4.78 is 0. The van der Waals surface area contributed by atoms with Crippen molar-refractivity contribution in [2.24, 2.45) is 17.6 Å². The SMILES string of the molecule is CC(C)C(N)CCN(C)C(=O)C1Cc2ccccc2C1. The minimum Gasteiger partial charge on any atom is -0.345 e. The van der Waals surface area contributed by atoms with Crippen LogP contribution in [0, 0.1) is 11.8 Å². The molecule has 0 fully saturated rings. The van der Waals surface area contributed by atoms with Crippen LogP contribution in [0.1, 0.15) is 31.4 Å². The van der Waals surface area contributed by atoms with Crippen LogP contribution < -0.4 is 5.73 Å². The molecule has 0 aliphatic heterocycles. The largest absolute Gasteiger partial charge is 0.345 e. The lowest BCUT2D eigenvalue weighted by atomic mass is 10.0. The van der Waals surface area contributed by atoms with Gasteiger partial charge < -0.3 is 10.6 Å². The van der Waals surface area contributed by atoms with Gasteiger partial charge in [-0.2, -0.15) is 0 Å². The lowest BCUT2D eigenvalue weighted by molar-refractivity contribution is -0.134. The van der Waals surface area contributed by atoms with Crippen molar-refractivity contribution in [1.82, 2.24) is 4.90 Å². The van der Waals surface area contributed by atoms with Crippen LogP contribution in [-0.2, 0) is 17.6 Å². The number of amides is 1. The summed E-state index contributed by atoms with van der Waals surface area (Å²) in [5.74, 6) is 0.846. The molecule has 0 saturated heterocycles. The highest BCUT2D eigenvalue weighted by Gasteiger charge is 2.29. The van der Waals surface area contributed by atoms with Crippen molar-refractivity contribution < 1.29 is 4.79 Å². The second-order valence-corrected chi connectivity index (χ2v) is 6.33. The second-order valence-electron chi connectivity index (χ2n) is 6.33. The number of hydrogen-bond donors (Lipinski definition) is 1. The van der Waals surface area contributed by atoms with E-state index >= 15 is 0 Å². The molecule has 1 unspecified atom stereocenters. The summed E-state index contributed by atoms with van der Waals surface area (Å²) in [5.41, 5.74) is 8.71. The van der Waals surface area contributed by atoms with Crippen LogP contribution >= 0.6 is 0 Å². The van der Waals surface area contributed by atoms with Gasteiger partial charge in [-0.25, -0.2) is 0 Å². The third-order valence-corrected chi connectivity index (χ3v) is 4.43. The molecule has 3 nitrogen and oxygen atoms in total. The molecule has 1 aliphatic rings. The van der Waals surface area contributed by atoms with Crippen molar-refractivity contribution in [1.29, 1.82) is 0 Å². The Hall–Kier alpha value is -1.35. The van der Waals surface area contributed by atoms with Crippen molar-refractivity contribution in [3.63, 3.8) is 0 Å². The van der Waals surface area contributed by atoms with Gasteiger partial charge in [0.15, 0.2) is 0 Å². The summed E-state index contributed by atoms with van der Waals surface area (Å²) in [6.45, 7) is 5.01. The quantitative estimate of drug-likeness (QED) is 0.895. The number of carbonyl (C=O) groups excluding carboxylic acids is 1. The molecule has 0 spiro atoms. The van der Waals surface area contributed by atoms with E-state index in [1.165, 1.54) is 11.1 Å². The first-order chi connectivity index (χ1) is 9.49. The number of benzene rings is 1. The van der Waals surface area contributed by atoms with Crippen LogP contribution in [0.5, 0.6) is 0 Å². The lowest BCUT2D eigenvalue weighted by Crippen LogP contribution is -2.37. The van der Waals surface area contributed by atoms with Gasteiger partial charge >= 0.3 is 0 Å². The normalized spacial score (nSPS) is 16.2. The molecule has 1 amide bonds. The maximum absolute atomic E-state index is 12.5. The number of hydrogen-bond acceptors (Lipinski definition) is 2. The maximum Gasteiger partial charge on any atom is 0.226 e. The molecule has 0 bridgehead atoms. The number of nitrogens with two attached hydrogens (primary N) is 1. The average molecular weight is 274 g/mol. The average Bonchev–Trinajstić information content (AvgIpc) is 2.87. The summed E-state index contributed by atoms with van der Waals surface area (Å²) in [7, 11) is 1.90. The van der Waals surface area contributed by atoms with Crippen LogP contribution in [0.2, 0.25) is 0 Å². The highest BCUT2D eigenvalue weighted by Crippen LogP contribution is 2.27. The molecule has 1 aromatic carbocycles. The fourth-order valence-electron chi connectivity index (χ4n) is 2.83. The fraction of sp³-hybridized carbons (Fsp3) is 0.588. The smallest absolute Gasteiger partial charge is 0.226 e. The van der Waals surface area contributed by atoms with Crippen LogP contribution in [0.3, 0.4) is 0 Å². The van der Waals surface area contributed by atoms with Gasteiger partial charge in [0.2, 0.25) is 5.91 Å². The molecule has 20 heavy (non-hydrogen) atoms. The van der Waals surface area contributed by atoms with E-state index in [2.05, 4.69) is 38.1 Å². The van der Waals surface area contributed by atoms with Gasteiger partial charge in [-0.05, 0) is 36.3 Å². The minimum atomic E-state index is 0.118. The van der Waals surface area contributed by atoms with Crippen molar-refractivity contribution >= 4 is 5.91 Å². The first-order valence-electron chi connectivity index (χ1n) is 7.56. The van der Waals surface area contributed by atoms with E-state index < -0.39 is 0 Å². The molecule has 0 heterocycles. The predicted octanol–water partition coefficient (Wildman–Crippen LogP) is 2.23. The standard InChI is InChI=1S/C17H26N2O/c1-12(2)16(18)8-9-19(3)17(20)15-10-13-6-4-5-7-14(13)11-15/h4-7,12,15-16H,8-11,18H2,1-3H3. The highest BCUT2D eigenvalue weighted by atomic mass is 16.2. The molecule has 1 aliphatic carbocycles. The van der Waals surface area contributed by atoms with Gasteiger partial charge in [0, 0.05) is 25.6 Å². The Labute approximate surface area is 122 Å². The van der Waals surface area contributed by atoms with Gasteiger partial charge in [0.05, 0.1) is 0 Å². The zero-order valence-corrected chi connectivity index (χ0v) is 12.8. The second kappa shape index (κ2) is 6.40. The number of nitrogens with zero attached hydrogens (tertiary/aromatic N) is 1. The Balaban J connectivity index is 1.87. The van der Waals surface area contributed by atoms with Crippen molar-refractivity contribution in [2.75, 3.05) is 13.6 Å². The Morgan fingerprint density at radius 1 is 1.30 bits per heavy atom. The summed E-state index contributed by atoms with van der Waals surface area (Å²) in [5, 5.41) is 0. The van der Waals surface area contributed by atoms with E-state index in [-0.39, 0.29) is 17.9 Å². The van der Waals surface area contributed by atoms with Crippen molar-refractivity contribution in [3.8, 4) is 0 Å². The highest BCUT2D eigenvalue weighted by molar-refractivity contribution is 5.80. The van der Waals surface area contributed by atoms with Crippen molar-refractivity contribution in [3.05, 3.63) is 35.4 Å². The van der Waals surface area contributed by atoms with Crippen LogP contribution in [0.25, 0.3) is 0 Å². The van der Waals surface area contributed by atoms with E-state index in [1.807, 2.05) is 11.9 Å². The number of carbonyl (C=O) groups is 1. The first kappa shape index (κ1) is 15.0. The van der Waals surface area contributed by atoms with Gasteiger partial charge in [-0.3, -0.25) is 4.79 Å². The summed E-state index contributed by atoms with van der Waals surface area (Å²) in [6.07, 6.45) is 2.64. The Bertz CT molecular complexity index is 445. The van der Waals surface area contributed by atoms with Crippen LogP contribution in [-0.4, -0.2) is 30.4 Å². The fourth-order valence-corrected chi connectivity index (χ4v) is 2.83. The molecule has 0 radical (unpaired) electrons. The first-order valence-corrected chi connectivity index (χ1v) is 7.56. The molecular weight excluding hydrogens is 248 g/mol. The third-order valence-electron chi connectivity index (χ3n) is 4.43. The summed E-state index contributed by atoms with van der Waals surface area (Å²) in [4.78, 5) is 14.3. The monoisotopic (exact) mass is 274 g/mol. The van der Waals surface area contributed by atoms with E-state index in [0.29, 0.717) is 5.92 Å². The molecule has 2 N–H and O–H groups in total. The van der Waals surface area contributed by atoms with Gasteiger partial charge in [-0.15, -0.1) is 0 Å². The van der Waals surface area contributed by atoms with Gasteiger partial charge in [-0.1, -0.05) is 38.1 Å². The topological polar surface area (TPSA) is 46.3 Å². The van der Waals surface area contributed by atoms with E-state index in [1.54, 1.807) is 0 Å². The molecule has 3 heteroatoms. The number of rotatable bonds is 5. The molecule has 0 aromatic heterocycles. The van der Waals surface area contributed by atoms with Crippen LogP contribution in [0.4, 0.5) is 0 Å². The van der Waals surface area contributed by atoms with Gasteiger partial charge in [0.1, 0.15) is 0 Å². The molecule has 1 atom stereocenters. The predicted molar refractivity (Wildman–Crippen MR) is 82.4 cm³/mol. The van der Waals surface area contributed by atoms with E-state index in [0.717, 1.165) is 25.8 Å². The summed E-state index contributed by atoms with van der Waals surface area (Å²) in [6, 6.07) is 8.55. The minimum absolute atomic E-state index is 0.118. The van der Waals surface area contributed by atoms with E-state index in [4.69, 9.17) is 5.73 Å². The molecule has 1 aromatic rings.